The number of nitrogens with two attached hydrogens (primary N) is 1. The fourth-order valence-electron chi connectivity index (χ4n) is 5.36. The summed E-state index contributed by atoms with van der Waals surface area (Å²) in [6, 6.07) is 2.26. The van der Waals surface area contributed by atoms with Gasteiger partial charge in [-0.05, 0) is 76.2 Å². The Hall–Kier alpha value is -0.830. The summed E-state index contributed by atoms with van der Waals surface area (Å²) in [5, 5.41) is 7.83. The summed E-state index contributed by atoms with van der Waals surface area (Å²) >= 11 is 0. The second kappa shape index (κ2) is 3.63. The highest BCUT2D eigenvalue weighted by molar-refractivity contribution is 5.26. The monoisotopic (exact) mass is 259 g/mol. The van der Waals surface area contributed by atoms with Crippen LogP contribution in [0.3, 0.4) is 0 Å². The molecule has 4 bridgehead atoms. The van der Waals surface area contributed by atoms with Gasteiger partial charge in [0.1, 0.15) is 0 Å². The number of aromatic amines is 1. The first-order chi connectivity index (χ1) is 8.95. The van der Waals surface area contributed by atoms with Crippen molar-refractivity contribution in [2.75, 3.05) is 0 Å². The SMILES string of the molecule is CC(C)(N)c1cc(C23CC4CC(CC(C4)C2)C3)[nH]n1. The number of nitrogens with zero attached hydrogens (tertiary/aromatic N) is 1. The van der Waals surface area contributed by atoms with E-state index in [1.54, 1.807) is 0 Å². The highest BCUT2D eigenvalue weighted by Gasteiger charge is 2.52. The number of aromatic nitrogens is 2. The van der Waals surface area contributed by atoms with Crippen LogP contribution in [0.1, 0.15) is 63.8 Å². The summed E-state index contributed by atoms with van der Waals surface area (Å²) in [7, 11) is 0. The molecule has 0 spiro atoms. The van der Waals surface area contributed by atoms with Gasteiger partial charge in [-0.15, -0.1) is 0 Å². The van der Waals surface area contributed by atoms with Crippen molar-refractivity contribution < 1.29 is 0 Å². The Kier molecular flexibility index (Phi) is 2.28. The van der Waals surface area contributed by atoms with E-state index in [0.717, 1.165) is 23.4 Å². The van der Waals surface area contributed by atoms with Gasteiger partial charge < -0.3 is 5.73 Å². The molecule has 19 heavy (non-hydrogen) atoms. The van der Waals surface area contributed by atoms with E-state index in [2.05, 4.69) is 16.3 Å². The molecule has 0 aromatic carbocycles. The quantitative estimate of drug-likeness (QED) is 0.857. The Morgan fingerprint density at radius 2 is 1.68 bits per heavy atom. The highest BCUT2D eigenvalue weighted by atomic mass is 15.1. The topological polar surface area (TPSA) is 54.7 Å². The molecule has 0 unspecified atom stereocenters. The Bertz CT molecular complexity index is 459. The summed E-state index contributed by atoms with van der Waals surface area (Å²) in [4.78, 5) is 0. The minimum absolute atomic E-state index is 0.336. The first kappa shape index (κ1) is 12.0. The average molecular weight is 259 g/mol. The summed E-state index contributed by atoms with van der Waals surface area (Å²) < 4.78 is 0. The van der Waals surface area contributed by atoms with Crippen molar-refractivity contribution in [1.82, 2.24) is 10.2 Å². The van der Waals surface area contributed by atoms with Crippen molar-refractivity contribution in [3.63, 3.8) is 0 Å². The van der Waals surface area contributed by atoms with Crippen LogP contribution in [0, 0.1) is 17.8 Å². The smallest absolute Gasteiger partial charge is 0.0818 e. The molecule has 4 aliphatic rings. The summed E-state index contributed by atoms with van der Waals surface area (Å²) in [6.07, 6.45) is 8.61. The van der Waals surface area contributed by atoms with Gasteiger partial charge in [0.05, 0.1) is 11.2 Å². The zero-order valence-corrected chi connectivity index (χ0v) is 12.1. The van der Waals surface area contributed by atoms with Gasteiger partial charge in [0, 0.05) is 11.1 Å². The molecular weight excluding hydrogens is 234 g/mol. The van der Waals surface area contributed by atoms with Gasteiger partial charge in [-0.1, -0.05) is 0 Å². The van der Waals surface area contributed by atoms with E-state index in [0.29, 0.717) is 5.41 Å². The molecule has 1 aromatic heterocycles. The third-order valence-electron chi connectivity index (χ3n) is 5.85. The van der Waals surface area contributed by atoms with Crippen LogP contribution >= 0.6 is 0 Å². The van der Waals surface area contributed by atoms with E-state index in [9.17, 15) is 0 Å². The predicted octanol–water partition coefficient (Wildman–Crippen LogP) is 3.07. The number of rotatable bonds is 2. The highest BCUT2D eigenvalue weighted by Crippen LogP contribution is 2.60. The first-order valence-electron chi connectivity index (χ1n) is 7.80. The van der Waals surface area contributed by atoms with Crippen LogP contribution in [0.4, 0.5) is 0 Å². The van der Waals surface area contributed by atoms with Crippen LogP contribution in [-0.2, 0) is 11.0 Å². The Morgan fingerprint density at radius 3 is 2.11 bits per heavy atom. The van der Waals surface area contributed by atoms with E-state index in [1.165, 1.54) is 44.2 Å². The van der Waals surface area contributed by atoms with Crippen LogP contribution in [0.15, 0.2) is 6.07 Å². The van der Waals surface area contributed by atoms with Crippen molar-refractivity contribution in [2.24, 2.45) is 23.5 Å². The summed E-state index contributed by atoms with van der Waals surface area (Å²) in [5.41, 5.74) is 8.64. The Labute approximate surface area is 115 Å². The third kappa shape index (κ3) is 1.78. The fourth-order valence-corrected chi connectivity index (χ4v) is 5.36. The molecule has 1 heterocycles. The van der Waals surface area contributed by atoms with Crippen molar-refractivity contribution in [3.05, 3.63) is 17.5 Å². The van der Waals surface area contributed by atoms with Crippen molar-refractivity contribution in [2.45, 2.75) is 63.3 Å². The van der Waals surface area contributed by atoms with E-state index in [4.69, 9.17) is 5.73 Å². The standard InChI is InChI=1S/C16H25N3/c1-15(2,17)13-6-14(19-18-13)16-7-10-3-11(8-16)5-12(4-10)9-16/h6,10-12H,3-5,7-9,17H2,1-2H3,(H,18,19). The zero-order chi connectivity index (χ0) is 13.3. The minimum atomic E-state index is -0.336. The molecule has 3 N–H and O–H groups in total. The molecule has 3 nitrogen and oxygen atoms in total. The largest absolute Gasteiger partial charge is 0.321 e. The lowest BCUT2D eigenvalue weighted by Crippen LogP contribution is -2.48. The van der Waals surface area contributed by atoms with Gasteiger partial charge >= 0.3 is 0 Å². The van der Waals surface area contributed by atoms with Gasteiger partial charge in [0.15, 0.2) is 0 Å². The minimum Gasteiger partial charge on any atom is -0.321 e. The Balaban J connectivity index is 1.70. The van der Waals surface area contributed by atoms with Crippen LogP contribution in [0.5, 0.6) is 0 Å². The molecule has 1 aromatic rings. The fraction of sp³-hybridized carbons (Fsp3) is 0.812. The summed E-state index contributed by atoms with van der Waals surface area (Å²) in [6.45, 7) is 4.07. The number of hydrogen-bond donors (Lipinski definition) is 2. The van der Waals surface area contributed by atoms with E-state index in [-0.39, 0.29) is 5.54 Å². The number of nitrogens with one attached hydrogen (secondary N) is 1. The number of hydrogen-bond acceptors (Lipinski definition) is 2. The van der Waals surface area contributed by atoms with Gasteiger partial charge in [-0.2, -0.15) is 5.10 Å². The molecule has 4 saturated carbocycles. The van der Waals surface area contributed by atoms with Gasteiger partial charge in [-0.25, -0.2) is 0 Å². The molecule has 0 radical (unpaired) electrons. The second-order valence-electron chi connectivity index (χ2n) is 8.09. The molecule has 0 saturated heterocycles. The maximum atomic E-state index is 6.18. The second-order valence-corrected chi connectivity index (χ2v) is 8.09. The van der Waals surface area contributed by atoms with Gasteiger partial charge in [-0.3, -0.25) is 5.10 Å². The molecule has 0 atom stereocenters. The van der Waals surface area contributed by atoms with Crippen LogP contribution < -0.4 is 5.73 Å². The molecule has 4 fully saturated rings. The maximum Gasteiger partial charge on any atom is 0.0818 e. The molecular formula is C16H25N3. The van der Waals surface area contributed by atoms with Crippen molar-refractivity contribution in [3.8, 4) is 0 Å². The molecule has 0 amide bonds. The third-order valence-corrected chi connectivity index (χ3v) is 5.85. The first-order valence-corrected chi connectivity index (χ1v) is 7.80. The molecule has 104 valence electrons. The lowest BCUT2D eigenvalue weighted by Gasteiger charge is -2.56. The summed E-state index contributed by atoms with van der Waals surface area (Å²) in [5.74, 6) is 2.93. The van der Waals surface area contributed by atoms with Crippen LogP contribution in [-0.4, -0.2) is 10.2 Å². The van der Waals surface area contributed by atoms with Crippen LogP contribution in [0.25, 0.3) is 0 Å². The predicted molar refractivity (Wildman–Crippen MR) is 75.7 cm³/mol. The van der Waals surface area contributed by atoms with Crippen LogP contribution in [0.2, 0.25) is 0 Å². The molecule has 3 heteroatoms. The molecule has 0 aliphatic heterocycles. The van der Waals surface area contributed by atoms with Gasteiger partial charge in [0.2, 0.25) is 0 Å². The lowest BCUT2D eigenvalue weighted by molar-refractivity contribution is -0.00722. The van der Waals surface area contributed by atoms with Gasteiger partial charge in [0.25, 0.3) is 0 Å². The average Bonchev–Trinajstić information content (AvgIpc) is 2.75. The van der Waals surface area contributed by atoms with Crippen molar-refractivity contribution >= 4 is 0 Å². The van der Waals surface area contributed by atoms with E-state index < -0.39 is 0 Å². The molecule has 5 rings (SSSR count). The Morgan fingerprint density at radius 1 is 1.16 bits per heavy atom. The zero-order valence-electron chi connectivity index (χ0n) is 12.1. The van der Waals surface area contributed by atoms with E-state index >= 15 is 0 Å². The number of H-pyrrole nitrogens is 1. The van der Waals surface area contributed by atoms with E-state index in [1.807, 2.05) is 13.8 Å². The molecule has 4 aliphatic carbocycles. The normalized spacial score (nSPS) is 40.9. The maximum absolute atomic E-state index is 6.18. The lowest BCUT2D eigenvalue weighted by atomic mass is 9.49. The van der Waals surface area contributed by atoms with Crippen molar-refractivity contribution in [1.29, 1.82) is 0 Å².